The molecular weight excluding hydrogens is 151 g/mol. The Morgan fingerprint density at radius 3 is 2.82 bits per heavy atom. The second kappa shape index (κ2) is 3.01. The summed E-state index contributed by atoms with van der Waals surface area (Å²) in [6.07, 6.45) is 2.05. The number of halogens is 1. The zero-order chi connectivity index (χ0) is 8.27. The van der Waals surface area contributed by atoms with Crippen LogP contribution in [0.5, 0.6) is 0 Å². The molecule has 0 aliphatic heterocycles. The van der Waals surface area contributed by atoms with E-state index in [1.165, 1.54) is 12.1 Å². The Morgan fingerprint density at radius 1 is 1.64 bits per heavy atom. The Hall–Kier alpha value is -1.58. The smallest absolute Gasteiger partial charge is 0.328 e. The van der Waals surface area contributed by atoms with E-state index in [9.17, 15) is 9.18 Å². The number of hydrogen-bond donors (Lipinski definition) is 1. The molecule has 0 spiro atoms. The fourth-order valence-electron chi connectivity index (χ4n) is 0.571. The maximum atomic E-state index is 12.1. The Kier molecular flexibility index (Phi) is 2.06. The predicted molar refractivity (Wildman–Crippen MR) is 35.3 cm³/mol. The fraction of sp³-hybridized carbons (Fsp3) is 0. The SMILES string of the molecule is O=C(O)/C=C/c1ccc(F)o1. The van der Waals surface area contributed by atoms with Crippen LogP contribution in [-0.4, -0.2) is 11.1 Å². The highest BCUT2D eigenvalue weighted by Gasteiger charge is 1.95. The van der Waals surface area contributed by atoms with Gasteiger partial charge in [0.2, 0.25) is 0 Å². The van der Waals surface area contributed by atoms with Crippen LogP contribution in [0.4, 0.5) is 4.39 Å². The fourth-order valence-corrected chi connectivity index (χ4v) is 0.571. The van der Waals surface area contributed by atoms with Crippen molar-refractivity contribution < 1.29 is 18.7 Å². The molecule has 0 fully saturated rings. The minimum absolute atomic E-state index is 0.185. The molecule has 1 rings (SSSR count). The third-order valence-electron chi connectivity index (χ3n) is 0.984. The molecule has 0 saturated carbocycles. The molecule has 0 aliphatic carbocycles. The maximum Gasteiger partial charge on any atom is 0.328 e. The van der Waals surface area contributed by atoms with E-state index in [1.54, 1.807) is 0 Å². The third kappa shape index (κ3) is 2.25. The van der Waals surface area contributed by atoms with Crippen LogP contribution in [-0.2, 0) is 4.79 Å². The van der Waals surface area contributed by atoms with Gasteiger partial charge in [0.15, 0.2) is 0 Å². The summed E-state index contributed by atoms with van der Waals surface area (Å²) in [6, 6.07) is 1.73. The largest absolute Gasteiger partial charge is 0.478 e. The van der Waals surface area contributed by atoms with Gasteiger partial charge < -0.3 is 9.52 Å². The lowest BCUT2D eigenvalue weighted by atomic mass is 10.4. The Labute approximate surface area is 61.8 Å². The van der Waals surface area contributed by atoms with E-state index in [2.05, 4.69) is 4.42 Å². The van der Waals surface area contributed by atoms with Gasteiger partial charge in [0.1, 0.15) is 5.76 Å². The molecule has 58 valence electrons. The highest BCUT2D eigenvalue weighted by atomic mass is 19.1. The lowest BCUT2D eigenvalue weighted by Crippen LogP contribution is -1.84. The number of rotatable bonds is 2. The molecule has 0 aliphatic rings. The second-order valence-electron chi connectivity index (χ2n) is 1.81. The average Bonchev–Trinajstić information content (AvgIpc) is 2.31. The number of furan rings is 1. The number of carboxylic acid groups (broad SMARTS) is 1. The highest BCUT2D eigenvalue weighted by molar-refractivity contribution is 5.84. The van der Waals surface area contributed by atoms with Crippen molar-refractivity contribution in [3.05, 3.63) is 30.0 Å². The Balaban J connectivity index is 2.71. The quantitative estimate of drug-likeness (QED) is 0.660. The summed E-state index contributed by atoms with van der Waals surface area (Å²) < 4.78 is 16.5. The summed E-state index contributed by atoms with van der Waals surface area (Å²) >= 11 is 0. The molecule has 11 heavy (non-hydrogen) atoms. The summed E-state index contributed by atoms with van der Waals surface area (Å²) in [5, 5.41) is 8.16. The van der Waals surface area contributed by atoms with Gasteiger partial charge in [-0.3, -0.25) is 0 Å². The molecule has 1 heterocycles. The van der Waals surface area contributed by atoms with Gasteiger partial charge >= 0.3 is 5.97 Å². The molecule has 0 bridgehead atoms. The van der Waals surface area contributed by atoms with Crippen molar-refractivity contribution in [1.29, 1.82) is 0 Å². The van der Waals surface area contributed by atoms with Crippen molar-refractivity contribution in [2.24, 2.45) is 0 Å². The van der Waals surface area contributed by atoms with Crippen molar-refractivity contribution in [2.45, 2.75) is 0 Å². The number of carbonyl (C=O) groups is 1. The van der Waals surface area contributed by atoms with Gasteiger partial charge in [0.05, 0.1) is 0 Å². The van der Waals surface area contributed by atoms with Crippen molar-refractivity contribution in [3.8, 4) is 0 Å². The molecule has 1 aromatic heterocycles. The molecule has 0 aromatic carbocycles. The standard InChI is InChI=1S/C7H5FO3/c8-6-3-1-5(11-6)2-4-7(9)10/h1-4H,(H,9,10)/b4-2+. The van der Waals surface area contributed by atoms with E-state index in [0.29, 0.717) is 0 Å². The molecular formula is C7H5FO3. The number of aliphatic carboxylic acids is 1. The summed E-state index contributed by atoms with van der Waals surface area (Å²) in [6.45, 7) is 0. The Morgan fingerprint density at radius 2 is 2.36 bits per heavy atom. The highest BCUT2D eigenvalue weighted by Crippen LogP contribution is 2.06. The number of carboxylic acids is 1. The summed E-state index contributed by atoms with van der Waals surface area (Å²) in [5.74, 6) is -0.910. The van der Waals surface area contributed by atoms with E-state index in [1.807, 2.05) is 0 Å². The van der Waals surface area contributed by atoms with Crippen LogP contribution in [0.25, 0.3) is 6.08 Å². The number of hydrogen-bond acceptors (Lipinski definition) is 2. The molecule has 0 unspecified atom stereocenters. The van der Waals surface area contributed by atoms with E-state index in [0.717, 1.165) is 12.1 Å². The van der Waals surface area contributed by atoms with Crippen molar-refractivity contribution in [3.63, 3.8) is 0 Å². The van der Waals surface area contributed by atoms with Crippen molar-refractivity contribution in [1.82, 2.24) is 0 Å². The third-order valence-corrected chi connectivity index (χ3v) is 0.984. The lowest BCUT2D eigenvalue weighted by molar-refractivity contribution is -0.131. The lowest BCUT2D eigenvalue weighted by Gasteiger charge is -1.80. The van der Waals surface area contributed by atoms with Crippen LogP contribution in [0, 0.1) is 6.01 Å². The minimum Gasteiger partial charge on any atom is -0.478 e. The molecule has 4 heteroatoms. The van der Waals surface area contributed by atoms with Crippen LogP contribution in [0.1, 0.15) is 5.76 Å². The molecule has 0 atom stereocenters. The molecule has 3 nitrogen and oxygen atoms in total. The van der Waals surface area contributed by atoms with Gasteiger partial charge in [-0.15, -0.1) is 0 Å². The van der Waals surface area contributed by atoms with Crippen LogP contribution >= 0.6 is 0 Å². The van der Waals surface area contributed by atoms with E-state index >= 15 is 0 Å². The first kappa shape index (κ1) is 7.53. The van der Waals surface area contributed by atoms with Crippen molar-refractivity contribution in [2.75, 3.05) is 0 Å². The van der Waals surface area contributed by atoms with E-state index < -0.39 is 12.0 Å². The summed E-state index contributed by atoms with van der Waals surface area (Å²) in [4.78, 5) is 9.96. The van der Waals surface area contributed by atoms with E-state index in [4.69, 9.17) is 5.11 Å². The Bertz CT molecular complexity index is 288. The zero-order valence-electron chi connectivity index (χ0n) is 5.45. The predicted octanol–water partition coefficient (Wildman–Crippen LogP) is 1.52. The van der Waals surface area contributed by atoms with E-state index in [-0.39, 0.29) is 5.76 Å². The normalized spacial score (nSPS) is 10.6. The monoisotopic (exact) mass is 156 g/mol. The van der Waals surface area contributed by atoms with Crippen molar-refractivity contribution >= 4 is 12.0 Å². The van der Waals surface area contributed by atoms with Gasteiger partial charge in [-0.1, -0.05) is 0 Å². The second-order valence-corrected chi connectivity index (χ2v) is 1.81. The first-order valence-electron chi connectivity index (χ1n) is 2.85. The van der Waals surface area contributed by atoms with Crippen LogP contribution in [0.3, 0.4) is 0 Å². The minimum atomic E-state index is -1.10. The van der Waals surface area contributed by atoms with Gasteiger partial charge in [0, 0.05) is 12.1 Å². The van der Waals surface area contributed by atoms with Gasteiger partial charge in [0.25, 0.3) is 6.01 Å². The van der Waals surface area contributed by atoms with Crippen LogP contribution < -0.4 is 0 Å². The molecule has 0 amide bonds. The first-order valence-corrected chi connectivity index (χ1v) is 2.85. The van der Waals surface area contributed by atoms with Gasteiger partial charge in [-0.2, -0.15) is 4.39 Å². The molecule has 1 aromatic rings. The van der Waals surface area contributed by atoms with Gasteiger partial charge in [-0.25, -0.2) is 4.79 Å². The average molecular weight is 156 g/mol. The molecule has 0 radical (unpaired) electrons. The topological polar surface area (TPSA) is 50.4 Å². The molecule has 1 N–H and O–H groups in total. The zero-order valence-corrected chi connectivity index (χ0v) is 5.45. The molecule has 0 saturated heterocycles. The summed E-state index contributed by atoms with van der Waals surface area (Å²) in [7, 11) is 0. The summed E-state index contributed by atoms with van der Waals surface area (Å²) in [5.41, 5.74) is 0. The van der Waals surface area contributed by atoms with Crippen LogP contribution in [0.2, 0.25) is 0 Å². The first-order chi connectivity index (χ1) is 5.18. The van der Waals surface area contributed by atoms with Gasteiger partial charge in [-0.05, 0) is 12.1 Å². The van der Waals surface area contributed by atoms with Crippen LogP contribution in [0.15, 0.2) is 22.6 Å². The maximum absolute atomic E-state index is 12.1.